The van der Waals surface area contributed by atoms with Crippen LogP contribution in [-0.2, 0) is 25.7 Å². The Kier molecular flexibility index (Phi) is 9.66. The molecular formula is C26H30N4O6S. The number of aliphatic hydroxyl groups is 1. The fourth-order valence-electron chi connectivity index (χ4n) is 4.01. The highest BCUT2D eigenvalue weighted by atomic mass is 32.2. The third kappa shape index (κ3) is 8.12. The van der Waals surface area contributed by atoms with Crippen molar-refractivity contribution < 1.29 is 29.3 Å². The van der Waals surface area contributed by atoms with Gasteiger partial charge >= 0.3 is 5.97 Å². The van der Waals surface area contributed by atoms with Gasteiger partial charge in [-0.1, -0.05) is 48.2 Å². The van der Waals surface area contributed by atoms with Crippen LogP contribution in [0.3, 0.4) is 0 Å². The summed E-state index contributed by atoms with van der Waals surface area (Å²) in [7, 11) is 0. The van der Waals surface area contributed by atoms with Crippen molar-refractivity contribution in [2.75, 3.05) is 11.1 Å². The second kappa shape index (κ2) is 13.3. The number of amides is 1. The van der Waals surface area contributed by atoms with Gasteiger partial charge in [-0.2, -0.15) is 5.10 Å². The standard InChI is InChI=1S/C26H30N4O6S/c31-14-17-8-10-18(11-9-17)22-13-21(15-37-26-27-16-28-30-26)35-25(36-22)19-4-3-5-20(12-19)29-23(32)6-1-2-7-24(33)34/h3-5,8-12,16,21-22,25,31H,1-2,6-7,13-15H2,(H,29,32)(H,33,34)(H,27,28,30)/t21-,22+,25+/m1/s1. The Morgan fingerprint density at radius 1 is 1.08 bits per heavy atom. The van der Waals surface area contributed by atoms with Gasteiger partial charge in [-0.3, -0.25) is 14.7 Å². The second-order valence-corrected chi connectivity index (χ2v) is 9.73. The van der Waals surface area contributed by atoms with Gasteiger partial charge in [-0.25, -0.2) is 4.98 Å². The molecule has 0 spiro atoms. The monoisotopic (exact) mass is 526 g/mol. The van der Waals surface area contributed by atoms with E-state index in [1.807, 2.05) is 42.5 Å². The molecule has 1 amide bonds. The van der Waals surface area contributed by atoms with Gasteiger partial charge in [0.15, 0.2) is 11.4 Å². The molecule has 2 aromatic carbocycles. The lowest BCUT2D eigenvalue weighted by atomic mass is 10.0. The molecular weight excluding hydrogens is 496 g/mol. The Morgan fingerprint density at radius 2 is 1.89 bits per heavy atom. The number of carbonyl (C=O) groups excluding carboxylic acids is 1. The van der Waals surface area contributed by atoms with E-state index in [1.165, 1.54) is 18.1 Å². The van der Waals surface area contributed by atoms with Crippen molar-refractivity contribution in [1.82, 2.24) is 15.2 Å². The van der Waals surface area contributed by atoms with Crippen LogP contribution in [0, 0.1) is 0 Å². The molecule has 0 bridgehead atoms. The highest BCUT2D eigenvalue weighted by Gasteiger charge is 2.32. The number of rotatable bonds is 12. The number of carboxylic acids is 1. The first-order valence-electron chi connectivity index (χ1n) is 12.1. The Morgan fingerprint density at radius 3 is 2.62 bits per heavy atom. The average Bonchev–Trinajstić information content (AvgIpc) is 3.44. The average molecular weight is 527 g/mol. The maximum Gasteiger partial charge on any atom is 0.303 e. The van der Waals surface area contributed by atoms with Crippen LogP contribution in [0.4, 0.5) is 5.69 Å². The van der Waals surface area contributed by atoms with E-state index in [2.05, 4.69) is 20.5 Å². The first-order valence-corrected chi connectivity index (χ1v) is 13.1. The van der Waals surface area contributed by atoms with Crippen molar-refractivity contribution in [2.45, 2.75) is 62.4 Å². The fourth-order valence-corrected chi connectivity index (χ4v) is 4.80. The molecule has 37 heavy (non-hydrogen) atoms. The molecule has 2 heterocycles. The molecule has 10 nitrogen and oxygen atoms in total. The van der Waals surface area contributed by atoms with Crippen LogP contribution >= 0.6 is 11.8 Å². The maximum absolute atomic E-state index is 12.3. The minimum atomic E-state index is -0.860. The summed E-state index contributed by atoms with van der Waals surface area (Å²) in [5, 5.41) is 28.4. The van der Waals surface area contributed by atoms with Crippen LogP contribution < -0.4 is 5.32 Å². The van der Waals surface area contributed by atoms with Crippen LogP contribution in [0.1, 0.15) is 61.2 Å². The number of H-pyrrole nitrogens is 1. The van der Waals surface area contributed by atoms with Crippen molar-refractivity contribution in [3.05, 3.63) is 71.5 Å². The summed E-state index contributed by atoms with van der Waals surface area (Å²) in [6, 6.07) is 15.0. The van der Waals surface area contributed by atoms with Crippen LogP contribution in [0.5, 0.6) is 0 Å². The van der Waals surface area contributed by atoms with E-state index < -0.39 is 12.3 Å². The normalized spacial score (nSPS) is 19.4. The lowest BCUT2D eigenvalue weighted by molar-refractivity contribution is -0.245. The van der Waals surface area contributed by atoms with Crippen molar-refractivity contribution >= 4 is 29.3 Å². The molecule has 1 aliphatic heterocycles. The SMILES string of the molecule is O=C(O)CCCCC(=O)Nc1cccc([C@H]2O[C@@H](CSc3ncn[nH]3)C[C@@H](c3ccc(CO)cc3)O2)c1. The van der Waals surface area contributed by atoms with E-state index in [1.54, 1.807) is 6.07 Å². The van der Waals surface area contributed by atoms with Crippen LogP contribution in [0.15, 0.2) is 60.0 Å². The zero-order chi connectivity index (χ0) is 26.0. The summed E-state index contributed by atoms with van der Waals surface area (Å²) >= 11 is 1.52. The van der Waals surface area contributed by atoms with Crippen molar-refractivity contribution in [3.63, 3.8) is 0 Å². The van der Waals surface area contributed by atoms with E-state index in [0.29, 0.717) is 35.9 Å². The predicted octanol–water partition coefficient (Wildman–Crippen LogP) is 4.22. The van der Waals surface area contributed by atoms with E-state index >= 15 is 0 Å². The number of carbonyl (C=O) groups is 2. The molecule has 3 aromatic rings. The van der Waals surface area contributed by atoms with Crippen molar-refractivity contribution in [2.24, 2.45) is 0 Å². The van der Waals surface area contributed by atoms with E-state index in [4.69, 9.17) is 14.6 Å². The number of aliphatic hydroxyl groups excluding tert-OH is 1. The van der Waals surface area contributed by atoms with Gasteiger partial charge in [0.1, 0.15) is 6.33 Å². The molecule has 0 aliphatic carbocycles. The number of hydrogen-bond donors (Lipinski definition) is 4. The number of aromatic nitrogens is 3. The fraction of sp³-hybridized carbons (Fsp3) is 0.385. The number of aliphatic carboxylic acids is 1. The van der Waals surface area contributed by atoms with Gasteiger partial charge in [-0.15, -0.1) is 0 Å². The zero-order valence-corrected chi connectivity index (χ0v) is 21.0. The summed E-state index contributed by atoms with van der Waals surface area (Å²) < 4.78 is 12.7. The third-order valence-electron chi connectivity index (χ3n) is 5.90. The number of aromatic amines is 1. The minimum absolute atomic E-state index is 0.0218. The van der Waals surface area contributed by atoms with Gasteiger partial charge in [0.2, 0.25) is 5.91 Å². The zero-order valence-electron chi connectivity index (χ0n) is 20.2. The Hall–Kier alpha value is -3.25. The highest BCUT2D eigenvalue weighted by molar-refractivity contribution is 7.99. The number of benzene rings is 2. The quantitative estimate of drug-likeness (QED) is 0.201. The number of unbranched alkanes of at least 4 members (excludes halogenated alkanes) is 1. The number of thioether (sulfide) groups is 1. The third-order valence-corrected chi connectivity index (χ3v) is 6.91. The highest BCUT2D eigenvalue weighted by Crippen LogP contribution is 2.39. The number of carboxylic acid groups (broad SMARTS) is 1. The Balaban J connectivity index is 1.44. The van der Waals surface area contributed by atoms with Gasteiger partial charge in [0, 0.05) is 36.3 Å². The predicted molar refractivity (Wildman–Crippen MR) is 137 cm³/mol. The number of ether oxygens (including phenoxy) is 2. The van der Waals surface area contributed by atoms with Gasteiger partial charge in [0.05, 0.1) is 18.8 Å². The van der Waals surface area contributed by atoms with E-state index in [-0.39, 0.29) is 37.6 Å². The molecule has 0 unspecified atom stereocenters. The Bertz CT molecular complexity index is 1160. The van der Waals surface area contributed by atoms with E-state index in [0.717, 1.165) is 16.7 Å². The number of anilines is 1. The molecule has 4 N–H and O–H groups in total. The molecule has 1 aromatic heterocycles. The summed E-state index contributed by atoms with van der Waals surface area (Å²) in [5.41, 5.74) is 3.21. The molecule has 1 aliphatic rings. The summed E-state index contributed by atoms with van der Waals surface area (Å²) in [5.74, 6) is -0.385. The maximum atomic E-state index is 12.3. The Labute approximate surface area is 218 Å². The molecule has 196 valence electrons. The van der Waals surface area contributed by atoms with Crippen LogP contribution in [0.25, 0.3) is 0 Å². The number of nitrogens with zero attached hydrogens (tertiary/aromatic N) is 2. The first kappa shape index (κ1) is 26.8. The number of hydrogen-bond acceptors (Lipinski definition) is 8. The molecule has 1 fully saturated rings. The molecule has 4 rings (SSSR count). The summed E-state index contributed by atoms with van der Waals surface area (Å²) in [6.45, 7) is -0.0218. The van der Waals surface area contributed by atoms with Gasteiger partial charge < -0.3 is 25.0 Å². The molecule has 11 heteroatoms. The molecule has 0 saturated carbocycles. The van der Waals surface area contributed by atoms with Crippen molar-refractivity contribution in [3.8, 4) is 0 Å². The van der Waals surface area contributed by atoms with E-state index in [9.17, 15) is 14.7 Å². The molecule has 3 atom stereocenters. The first-order chi connectivity index (χ1) is 18.0. The summed E-state index contributed by atoms with van der Waals surface area (Å²) in [6.07, 6.45) is 2.37. The summed E-state index contributed by atoms with van der Waals surface area (Å²) in [4.78, 5) is 27.1. The van der Waals surface area contributed by atoms with Crippen LogP contribution in [-0.4, -0.2) is 49.1 Å². The second-order valence-electron chi connectivity index (χ2n) is 8.73. The minimum Gasteiger partial charge on any atom is -0.481 e. The van der Waals surface area contributed by atoms with Gasteiger partial charge in [-0.05, 0) is 36.1 Å². The topological polar surface area (TPSA) is 147 Å². The van der Waals surface area contributed by atoms with Crippen LogP contribution in [0.2, 0.25) is 0 Å². The van der Waals surface area contributed by atoms with Crippen molar-refractivity contribution in [1.29, 1.82) is 0 Å². The smallest absolute Gasteiger partial charge is 0.303 e. The van der Waals surface area contributed by atoms with Gasteiger partial charge in [0.25, 0.3) is 0 Å². The molecule has 0 radical (unpaired) electrons. The lowest BCUT2D eigenvalue weighted by Crippen LogP contribution is -2.31. The molecule has 1 saturated heterocycles. The largest absolute Gasteiger partial charge is 0.481 e. The lowest BCUT2D eigenvalue weighted by Gasteiger charge is -2.36. The number of nitrogens with one attached hydrogen (secondary N) is 2.